The van der Waals surface area contributed by atoms with Gasteiger partial charge in [0.15, 0.2) is 9.84 Å². The summed E-state index contributed by atoms with van der Waals surface area (Å²) < 4.78 is 28.1. The van der Waals surface area contributed by atoms with Crippen molar-refractivity contribution in [2.45, 2.75) is 24.8 Å². The van der Waals surface area contributed by atoms with Gasteiger partial charge < -0.3 is 10.1 Å². The largest absolute Gasteiger partial charge is 0.381 e. The lowest BCUT2D eigenvalue weighted by Crippen LogP contribution is -2.65. The summed E-state index contributed by atoms with van der Waals surface area (Å²) in [6, 6.07) is 0. The molecule has 1 N–H and O–H groups in total. The van der Waals surface area contributed by atoms with Crippen LogP contribution in [0.3, 0.4) is 0 Å². The zero-order chi connectivity index (χ0) is 11.4. The van der Waals surface area contributed by atoms with Gasteiger partial charge in [0.25, 0.3) is 0 Å². The molecule has 0 saturated carbocycles. The third kappa shape index (κ3) is 1.26. The van der Waals surface area contributed by atoms with Crippen LogP contribution in [0.5, 0.6) is 0 Å². The molecule has 3 aliphatic heterocycles. The highest BCUT2D eigenvalue weighted by Gasteiger charge is 2.66. The van der Waals surface area contributed by atoms with Crippen molar-refractivity contribution in [2.75, 3.05) is 24.7 Å². The molecule has 0 bridgehead atoms. The van der Waals surface area contributed by atoms with Gasteiger partial charge in [0.05, 0.1) is 17.0 Å². The molecule has 5 nitrogen and oxygen atoms in total. The molecular formula is C10H15NO4S. The normalized spacial score (nSPS) is 33.6. The van der Waals surface area contributed by atoms with Crippen LogP contribution >= 0.6 is 0 Å². The van der Waals surface area contributed by atoms with Crippen LogP contribution in [0.1, 0.15) is 19.3 Å². The van der Waals surface area contributed by atoms with Crippen LogP contribution < -0.4 is 5.32 Å². The predicted molar refractivity (Wildman–Crippen MR) is 56.6 cm³/mol. The van der Waals surface area contributed by atoms with E-state index in [0.717, 1.165) is 12.8 Å². The maximum atomic E-state index is 11.6. The Hall–Kier alpha value is -0.620. The predicted octanol–water partition coefficient (Wildman–Crippen LogP) is -0.530. The number of sulfone groups is 1. The summed E-state index contributed by atoms with van der Waals surface area (Å²) in [5.41, 5.74) is -0.652. The van der Waals surface area contributed by atoms with Gasteiger partial charge in [0.1, 0.15) is 0 Å². The molecule has 3 aliphatic rings. The fourth-order valence-corrected chi connectivity index (χ4v) is 5.83. The second-order valence-corrected chi connectivity index (χ2v) is 7.30. The molecule has 3 saturated heterocycles. The number of carbonyl (C=O) groups excluding carboxylic acids is 1. The number of nitrogens with one attached hydrogen (secondary N) is 1. The van der Waals surface area contributed by atoms with Crippen molar-refractivity contribution in [1.29, 1.82) is 0 Å². The SMILES string of the molecule is O=C1CC2(CS(=O)(=O)C2)C2(CCOCC2)N1. The molecule has 0 unspecified atom stereocenters. The van der Waals surface area contributed by atoms with Crippen LogP contribution in [-0.4, -0.2) is 44.6 Å². The van der Waals surface area contributed by atoms with Gasteiger partial charge in [-0.1, -0.05) is 0 Å². The van der Waals surface area contributed by atoms with Gasteiger partial charge in [-0.2, -0.15) is 0 Å². The van der Waals surface area contributed by atoms with Gasteiger partial charge in [-0.15, -0.1) is 0 Å². The first-order valence-corrected chi connectivity index (χ1v) is 7.38. The molecule has 0 aromatic heterocycles. The third-order valence-electron chi connectivity index (χ3n) is 4.23. The summed E-state index contributed by atoms with van der Waals surface area (Å²) in [6.07, 6.45) is 1.86. The highest BCUT2D eigenvalue weighted by molar-refractivity contribution is 7.92. The van der Waals surface area contributed by atoms with Crippen molar-refractivity contribution in [3.8, 4) is 0 Å². The topological polar surface area (TPSA) is 72.5 Å². The molecule has 3 fully saturated rings. The molecule has 3 rings (SSSR count). The van der Waals surface area contributed by atoms with E-state index in [0.29, 0.717) is 19.6 Å². The van der Waals surface area contributed by atoms with Gasteiger partial charge in [0.2, 0.25) is 5.91 Å². The maximum Gasteiger partial charge on any atom is 0.221 e. The minimum atomic E-state index is -2.91. The Labute approximate surface area is 94.5 Å². The number of carbonyl (C=O) groups is 1. The van der Waals surface area contributed by atoms with Gasteiger partial charge >= 0.3 is 0 Å². The first kappa shape index (κ1) is 10.5. The minimum absolute atomic E-state index is 0.00296. The summed E-state index contributed by atoms with van der Waals surface area (Å²) in [5, 5.41) is 3.02. The molecule has 0 aromatic carbocycles. The number of ether oxygens (including phenoxy) is 1. The highest BCUT2D eigenvalue weighted by atomic mass is 32.2. The number of fused-ring (bicyclic) bond motifs is 1. The number of rotatable bonds is 0. The molecule has 90 valence electrons. The lowest BCUT2D eigenvalue weighted by atomic mass is 9.68. The van der Waals surface area contributed by atoms with Crippen LogP contribution in [0.25, 0.3) is 0 Å². The second-order valence-electron chi connectivity index (χ2n) is 5.23. The molecule has 0 aromatic rings. The first-order valence-electron chi connectivity index (χ1n) is 5.56. The summed E-state index contributed by atoms with van der Waals surface area (Å²) >= 11 is 0. The van der Waals surface area contributed by atoms with E-state index in [9.17, 15) is 13.2 Å². The number of amides is 1. The zero-order valence-corrected chi connectivity index (χ0v) is 9.81. The van der Waals surface area contributed by atoms with E-state index < -0.39 is 9.84 Å². The first-order chi connectivity index (χ1) is 7.47. The van der Waals surface area contributed by atoms with E-state index in [2.05, 4.69) is 5.32 Å². The Balaban J connectivity index is 1.94. The lowest BCUT2D eigenvalue weighted by molar-refractivity contribution is -0.120. The summed E-state index contributed by atoms with van der Waals surface area (Å²) in [4.78, 5) is 11.6. The molecule has 1 amide bonds. The number of hydrogen-bond acceptors (Lipinski definition) is 4. The monoisotopic (exact) mass is 245 g/mol. The Morgan fingerprint density at radius 3 is 2.38 bits per heavy atom. The molecular weight excluding hydrogens is 230 g/mol. The van der Waals surface area contributed by atoms with Crippen LogP contribution in [0.15, 0.2) is 0 Å². The van der Waals surface area contributed by atoms with Crippen LogP contribution in [0, 0.1) is 5.41 Å². The van der Waals surface area contributed by atoms with E-state index in [-0.39, 0.29) is 28.4 Å². The third-order valence-corrected chi connectivity index (χ3v) is 6.22. The van der Waals surface area contributed by atoms with E-state index in [1.165, 1.54) is 0 Å². The van der Waals surface area contributed by atoms with E-state index >= 15 is 0 Å². The quantitative estimate of drug-likeness (QED) is 0.623. The number of hydrogen-bond donors (Lipinski definition) is 1. The van der Waals surface area contributed by atoms with Gasteiger partial charge in [0, 0.05) is 25.0 Å². The van der Waals surface area contributed by atoms with E-state index in [4.69, 9.17) is 4.74 Å². The van der Waals surface area contributed by atoms with Crippen LogP contribution in [0.2, 0.25) is 0 Å². The molecule has 0 atom stereocenters. The van der Waals surface area contributed by atoms with Crippen molar-refractivity contribution in [2.24, 2.45) is 5.41 Å². The van der Waals surface area contributed by atoms with Crippen LogP contribution in [0.4, 0.5) is 0 Å². The average Bonchev–Trinajstić information content (AvgIpc) is 2.38. The standard InChI is InChI=1S/C10H15NO4S/c12-8-5-9(6-16(13,14)7-9)10(11-8)1-3-15-4-2-10/h1-7H2,(H,11,12). The molecule has 2 spiro atoms. The molecule has 3 heterocycles. The van der Waals surface area contributed by atoms with Crippen LogP contribution in [-0.2, 0) is 19.4 Å². The molecule has 0 radical (unpaired) electrons. The smallest absolute Gasteiger partial charge is 0.221 e. The van der Waals surface area contributed by atoms with Gasteiger partial charge in [-0.25, -0.2) is 8.42 Å². The van der Waals surface area contributed by atoms with Gasteiger partial charge in [-0.05, 0) is 12.8 Å². The fraction of sp³-hybridized carbons (Fsp3) is 0.900. The lowest BCUT2D eigenvalue weighted by Gasteiger charge is -2.51. The maximum absolute atomic E-state index is 11.6. The average molecular weight is 245 g/mol. The zero-order valence-electron chi connectivity index (χ0n) is 8.99. The Kier molecular flexibility index (Phi) is 1.96. The summed E-state index contributed by atoms with van der Waals surface area (Å²) in [7, 11) is -2.91. The Morgan fingerprint density at radius 1 is 1.19 bits per heavy atom. The Morgan fingerprint density at radius 2 is 1.81 bits per heavy atom. The van der Waals surface area contributed by atoms with Crippen molar-refractivity contribution in [1.82, 2.24) is 5.32 Å². The second kappa shape index (κ2) is 2.98. The van der Waals surface area contributed by atoms with E-state index in [1.54, 1.807) is 0 Å². The molecule has 0 aliphatic carbocycles. The highest BCUT2D eigenvalue weighted by Crippen LogP contribution is 2.53. The van der Waals surface area contributed by atoms with Crippen molar-refractivity contribution in [3.05, 3.63) is 0 Å². The molecule has 16 heavy (non-hydrogen) atoms. The molecule has 6 heteroatoms. The van der Waals surface area contributed by atoms with Crippen molar-refractivity contribution < 1.29 is 17.9 Å². The summed E-state index contributed by atoms with van der Waals surface area (Å²) in [5.74, 6) is 0.328. The van der Waals surface area contributed by atoms with Crippen molar-refractivity contribution >= 4 is 15.7 Å². The summed E-state index contributed by atoms with van der Waals surface area (Å²) in [6.45, 7) is 1.23. The van der Waals surface area contributed by atoms with E-state index in [1.807, 2.05) is 0 Å². The fourth-order valence-electron chi connectivity index (χ4n) is 3.47. The minimum Gasteiger partial charge on any atom is -0.381 e. The van der Waals surface area contributed by atoms with Gasteiger partial charge in [-0.3, -0.25) is 4.79 Å². The Bertz CT molecular complexity index is 424. The van der Waals surface area contributed by atoms with Crippen molar-refractivity contribution in [3.63, 3.8) is 0 Å².